The maximum Gasteiger partial charge on any atom is 0.152 e. The van der Waals surface area contributed by atoms with Crippen molar-refractivity contribution in [2.24, 2.45) is 5.84 Å². The maximum absolute atomic E-state index is 10.4. The van der Waals surface area contributed by atoms with Crippen LogP contribution in [0.25, 0.3) is 0 Å². The van der Waals surface area contributed by atoms with E-state index >= 15 is 0 Å². The van der Waals surface area contributed by atoms with Crippen LogP contribution in [-0.2, 0) is 0 Å². The second-order valence-corrected chi connectivity index (χ2v) is 2.49. The number of aldehydes is 1. The molecule has 0 aromatic heterocycles. The molecule has 0 aliphatic carbocycles. The maximum atomic E-state index is 10.4. The summed E-state index contributed by atoms with van der Waals surface area (Å²) in [6, 6.07) is 5.17. The van der Waals surface area contributed by atoms with Crippen LogP contribution in [0.4, 0.5) is 5.69 Å². The van der Waals surface area contributed by atoms with Crippen LogP contribution in [0.2, 0.25) is 0 Å². The van der Waals surface area contributed by atoms with Gasteiger partial charge in [-0.2, -0.15) is 0 Å². The van der Waals surface area contributed by atoms with Gasteiger partial charge in [-0.25, -0.2) is 0 Å². The Bertz CT molecular complexity index is 275. The molecule has 0 fully saturated rings. The first-order chi connectivity index (χ1) is 5.29. The Hall–Kier alpha value is -1.00. The summed E-state index contributed by atoms with van der Waals surface area (Å²) in [7, 11) is 0. The van der Waals surface area contributed by atoms with Crippen LogP contribution >= 0.6 is 12.6 Å². The highest BCUT2D eigenvalue weighted by Crippen LogP contribution is 2.21. The van der Waals surface area contributed by atoms with Crippen molar-refractivity contribution in [3.05, 3.63) is 23.8 Å². The summed E-state index contributed by atoms with van der Waals surface area (Å²) in [6.07, 6.45) is 0.731. The summed E-state index contributed by atoms with van der Waals surface area (Å²) < 4.78 is 0. The SMILES string of the molecule is NNc1c(S)cccc1C=O. The average Bonchev–Trinajstić information content (AvgIpc) is 2.04. The number of para-hydroxylation sites is 1. The smallest absolute Gasteiger partial charge is 0.152 e. The predicted molar refractivity (Wildman–Crippen MR) is 46.9 cm³/mol. The Labute approximate surface area is 70.0 Å². The highest BCUT2D eigenvalue weighted by molar-refractivity contribution is 7.80. The normalized spacial score (nSPS) is 9.27. The lowest BCUT2D eigenvalue weighted by atomic mass is 10.2. The van der Waals surface area contributed by atoms with Crippen LogP contribution < -0.4 is 11.3 Å². The third-order valence-electron chi connectivity index (χ3n) is 1.35. The quantitative estimate of drug-likeness (QED) is 0.268. The molecule has 0 radical (unpaired) electrons. The van der Waals surface area contributed by atoms with Gasteiger partial charge in [0.05, 0.1) is 5.69 Å². The summed E-state index contributed by atoms with van der Waals surface area (Å²) in [4.78, 5) is 11.1. The number of nitrogen functional groups attached to an aromatic ring is 1. The third-order valence-corrected chi connectivity index (χ3v) is 1.72. The molecule has 58 valence electrons. The first-order valence-corrected chi connectivity index (χ1v) is 3.48. The number of benzene rings is 1. The first kappa shape index (κ1) is 8.10. The molecule has 4 heteroatoms. The van der Waals surface area contributed by atoms with Crippen molar-refractivity contribution in [2.75, 3.05) is 5.43 Å². The van der Waals surface area contributed by atoms with Crippen LogP contribution in [0.1, 0.15) is 10.4 Å². The van der Waals surface area contributed by atoms with Gasteiger partial charge in [0.2, 0.25) is 0 Å². The van der Waals surface area contributed by atoms with Crippen LogP contribution in [0.3, 0.4) is 0 Å². The lowest BCUT2D eigenvalue weighted by molar-refractivity contribution is 0.112. The molecule has 0 saturated heterocycles. The lowest BCUT2D eigenvalue weighted by Gasteiger charge is -2.05. The molecule has 0 bridgehead atoms. The fourth-order valence-corrected chi connectivity index (χ4v) is 1.09. The molecule has 0 saturated carbocycles. The van der Waals surface area contributed by atoms with Crippen molar-refractivity contribution in [3.63, 3.8) is 0 Å². The second-order valence-electron chi connectivity index (χ2n) is 2.00. The molecule has 0 aliphatic heterocycles. The molecule has 1 aromatic carbocycles. The van der Waals surface area contributed by atoms with E-state index in [1.165, 1.54) is 0 Å². The minimum atomic E-state index is 0.514. The number of hydrogen-bond donors (Lipinski definition) is 3. The van der Waals surface area contributed by atoms with Gasteiger partial charge in [0.1, 0.15) is 0 Å². The van der Waals surface area contributed by atoms with Crippen molar-refractivity contribution >= 4 is 24.6 Å². The van der Waals surface area contributed by atoms with E-state index in [9.17, 15) is 4.79 Å². The van der Waals surface area contributed by atoms with Crippen molar-refractivity contribution < 1.29 is 4.79 Å². The zero-order chi connectivity index (χ0) is 8.27. The van der Waals surface area contributed by atoms with Crippen LogP contribution in [0, 0.1) is 0 Å². The molecule has 3 nitrogen and oxygen atoms in total. The van der Waals surface area contributed by atoms with Gasteiger partial charge in [-0.1, -0.05) is 6.07 Å². The number of carbonyl (C=O) groups is 1. The van der Waals surface area contributed by atoms with Gasteiger partial charge in [-0.05, 0) is 12.1 Å². The van der Waals surface area contributed by atoms with E-state index in [1.54, 1.807) is 18.2 Å². The molecule has 3 N–H and O–H groups in total. The number of hydrogen-bond acceptors (Lipinski definition) is 4. The second kappa shape index (κ2) is 3.41. The van der Waals surface area contributed by atoms with E-state index in [-0.39, 0.29) is 0 Å². The Morgan fingerprint density at radius 1 is 1.55 bits per heavy atom. The van der Waals surface area contributed by atoms with Gasteiger partial charge < -0.3 is 5.43 Å². The number of nitrogens with two attached hydrogens (primary N) is 1. The fourth-order valence-electron chi connectivity index (χ4n) is 0.813. The summed E-state index contributed by atoms with van der Waals surface area (Å²) >= 11 is 4.10. The van der Waals surface area contributed by atoms with E-state index in [4.69, 9.17) is 5.84 Å². The third kappa shape index (κ3) is 1.53. The minimum Gasteiger partial charge on any atom is -0.322 e. The molecule has 0 amide bonds. The highest BCUT2D eigenvalue weighted by atomic mass is 32.1. The average molecular weight is 168 g/mol. The van der Waals surface area contributed by atoms with Gasteiger partial charge in [0.15, 0.2) is 6.29 Å². The zero-order valence-electron chi connectivity index (χ0n) is 5.74. The Balaban J connectivity index is 3.23. The predicted octanol–water partition coefficient (Wildman–Crippen LogP) is 1.07. The zero-order valence-corrected chi connectivity index (χ0v) is 6.64. The first-order valence-electron chi connectivity index (χ1n) is 3.03. The van der Waals surface area contributed by atoms with E-state index in [0.29, 0.717) is 16.1 Å². The number of carbonyl (C=O) groups excluding carboxylic acids is 1. The molecule has 0 atom stereocenters. The number of nitrogens with one attached hydrogen (secondary N) is 1. The Morgan fingerprint density at radius 3 is 2.73 bits per heavy atom. The highest BCUT2D eigenvalue weighted by Gasteiger charge is 2.01. The molecule has 1 rings (SSSR count). The summed E-state index contributed by atoms with van der Waals surface area (Å²) in [5, 5.41) is 0. The van der Waals surface area contributed by atoms with Crippen LogP contribution in [0.15, 0.2) is 23.1 Å². The largest absolute Gasteiger partial charge is 0.322 e. The Kier molecular flexibility index (Phi) is 2.51. The van der Waals surface area contributed by atoms with Gasteiger partial charge in [0, 0.05) is 10.5 Å². The van der Waals surface area contributed by atoms with E-state index in [0.717, 1.165) is 6.29 Å². The van der Waals surface area contributed by atoms with Crippen LogP contribution in [-0.4, -0.2) is 6.29 Å². The van der Waals surface area contributed by atoms with Crippen molar-refractivity contribution in [3.8, 4) is 0 Å². The van der Waals surface area contributed by atoms with Crippen LogP contribution in [0.5, 0.6) is 0 Å². The lowest BCUT2D eigenvalue weighted by Crippen LogP contribution is -2.09. The van der Waals surface area contributed by atoms with Gasteiger partial charge in [-0.15, -0.1) is 12.6 Å². The van der Waals surface area contributed by atoms with Crippen molar-refractivity contribution in [1.82, 2.24) is 0 Å². The number of anilines is 1. The molecule has 0 spiro atoms. The molecule has 0 aliphatic rings. The number of thiol groups is 1. The standard InChI is InChI=1S/C7H8N2OS/c8-9-7-5(4-10)2-1-3-6(7)11/h1-4,9,11H,8H2. The molecule has 0 heterocycles. The van der Waals surface area contributed by atoms with E-state index < -0.39 is 0 Å². The summed E-state index contributed by atoms with van der Waals surface area (Å²) in [5.41, 5.74) is 3.48. The summed E-state index contributed by atoms with van der Waals surface area (Å²) in [5.74, 6) is 5.17. The molecule has 1 aromatic rings. The van der Waals surface area contributed by atoms with E-state index in [1.807, 2.05) is 0 Å². The fraction of sp³-hybridized carbons (Fsp3) is 0. The number of rotatable bonds is 2. The van der Waals surface area contributed by atoms with Gasteiger partial charge in [0.25, 0.3) is 0 Å². The number of hydrazine groups is 1. The molecule has 11 heavy (non-hydrogen) atoms. The van der Waals surface area contributed by atoms with Crippen molar-refractivity contribution in [2.45, 2.75) is 4.90 Å². The molecular formula is C7H8N2OS. The molecule has 0 unspecified atom stereocenters. The Morgan fingerprint density at radius 2 is 2.27 bits per heavy atom. The summed E-state index contributed by atoms with van der Waals surface area (Å²) in [6.45, 7) is 0. The molecular weight excluding hydrogens is 160 g/mol. The minimum absolute atomic E-state index is 0.514. The van der Waals surface area contributed by atoms with E-state index in [2.05, 4.69) is 18.1 Å². The topological polar surface area (TPSA) is 55.1 Å². The monoisotopic (exact) mass is 168 g/mol. The van der Waals surface area contributed by atoms with Gasteiger partial charge in [-0.3, -0.25) is 10.6 Å². The van der Waals surface area contributed by atoms with Gasteiger partial charge >= 0.3 is 0 Å². The van der Waals surface area contributed by atoms with Crippen molar-refractivity contribution in [1.29, 1.82) is 0 Å².